The van der Waals surface area contributed by atoms with Crippen LogP contribution in [-0.2, 0) is 6.54 Å². The summed E-state index contributed by atoms with van der Waals surface area (Å²) in [6.07, 6.45) is 3.80. The van der Waals surface area contributed by atoms with Crippen molar-refractivity contribution in [2.45, 2.75) is 46.6 Å². The van der Waals surface area contributed by atoms with Crippen molar-refractivity contribution in [1.29, 1.82) is 0 Å². The van der Waals surface area contributed by atoms with Crippen molar-refractivity contribution in [2.75, 3.05) is 6.54 Å². The van der Waals surface area contributed by atoms with Gasteiger partial charge in [0.25, 0.3) is 0 Å². The molecule has 0 aromatic heterocycles. The van der Waals surface area contributed by atoms with E-state index in [1.54, 1.807) is 0 Å². The Balaban J connectivity index is 2.43. The second kappa shape index (κ2) is 6.54. The molecule has 2 N–H and O–H groups in total. The zero-order chi connectivity index (χ0) is 12.0. The van der Waals surface area contributed by atoms with Crippen LogP contribution in [0.2, 0.25) is 0 Å². The number of hydrogen-bond acceptors (Lipinski definition) is 2. The molecule has 16 heavy (non-hydrogen) atoms. The summed E-state index contributed by atoms with van der Waals surface area (Å²) in [4.78, 5) is 0. The van der Waals surface area contributed by atoms with Crippen LogP contribution in [0.1, 0.15) is 42.9 Å². The Hall–Kier alpha value is -1.02. The van der Waals surface area contributed by atoms with Crippen molar-refractivity contribution < 1.29 is 5.11 Å². The van der Waals surface area contributed by atoms with Crippen molar-refractivity contribution in [3.05, 3.63) is 28.8 Å². The first-order valence-electron chi connectivity index (χ1n) is 6.15. The molecule has 0 unspecified atom stereocenters. The van der Waals surface area contributed by atoms with Crippen LogP contribution in [0.25, 0.3) is 0 Å². The quantitative estimate of drug-likeness (QED) is 0.722. The zero-order valence-electron chi connectivity index (χ0n) is 10.6. The first-order chi connectivity index (χ1) is 7.65. The van der Waals surface area contributed by atoms with Crippen molar-refractivity contribution in [2.24, 2.45) is 0 Å². The van der Waals surface area contributed by atoms with Crippen molar-refractivity contribution in [3.63, 3.8) is 0 Å². The minimum atomic E-state index is 0.426. The Labute approximate surface area is 98.7 Å². The van der Waals surface area contributed by atoms with Gasteiger partial charge < -0.3 is 10.4 Å². The number of benzene rings is 1. The maximum atomic E-state index is 9.65. The van der Waals surface area contributed by atoms with Crippen molar-refractivity contribution in [3.8, 4) is 5.75 Å². The Morgan fingerprint density at radius 3 is 2.31 bits per heavy atom. The Morgan fingerprint density at radius 1 is 1.12 bits per heavy atom. The molecule has 0 aliphatic heterocycles. The SMILES string of the molecule is CCCCCNCc1cc(C)c(O)c(C)c1. The van der Waals surface area contributed by atoms with Crippen LogP contribution in [-0.4, -0.2) is 11.7 Å². The van der Waals surface area contributed by atoms with E-state index in [0.29, 0.717) is 5.75 Å². The fourth-order valence-electron chi connectivity index (χ4n) is 1.88. The second-order valence-corrected chi connectivity index (χ2v) is 4.46. The van der Waals surface area contributed by atoms with Crippen LogP contribution in [0.5, 0.6) is 5.75 Å². The summed E-state index contributed by atoms with van der Waals surface area (Å²) >= 11 is 0. The molecule has 0 bridgehead atoms. The highest BCUT2D eigenvalue weighted by Gasteiger charge is 2.02. The van der Waals surface area contributed by atoms with E-state index in [0.717, 1.165) is 24.2 Å². The average molecular weight is 221 g/mol. The molecule has 0 heterocycles. The molecule has 0 spiro atoms. The second-order valence-electron chi connectivity index (χ2n) is 4.46. The molecule has 0 radical (unpaired) electrons. The van der Waals surface area contributed by atoms with Gasteiger partial charge in [-0.2, -0.15) is 0 Å². The number of phenols is 1. The van der Waals surface area contributed by atoms with Crippen molar-refractivity contribution >= 4 is 0 Å². The van der Waals surface area contributed by atoms with Gasteiger partial charge in [-0.1, -0.05) is 31.9 Å². The van der Waals surface area contributed by atoms with Gasteiger partial charge in [0.05, 0.1) is 0 Å². The molecule has 0 saturated heterocycles. The Kier molecular flexibility index (Phi) is 5.33. The number of rotatable bonds is 6. The molecule has 90 valence electrons. The first kappa shape index (κ1) is 13.0. The fourth-order valence-corrected chi connectivity index (χ4v) is 1.88. The van der Waals surface area contributed by atoms with Gasteiger partial charge in [0, 0.05) is 6.54 Å². The van der Waals surface area contributed by atoms with E-state index in [2.05, 4.69) is 24.4 Å². The minimum Gasteiger partial charge on any atom is -0.507 e. The molecule has 1 rings (SSSR count). The third-order valence-electron chi connectivity index (χ3n) is 2.84. The number of hydrogen-bond donors (Lipinski definition) is 2. The number of aromatic hydroxyl groups is 1. The van der Waals surface area contributed by atoms with Gasteiger partial charge in [-0.05, 0) is 43.5 Å². The monoisotopic (exact) mass is 221 g/mol. The lowest BCUT2D eigenvalue weighted by molar-refractivity contribution is 0.466. The van der Waals surface area contributed by atoms with E-state index in [4.69, 9.17) is 0 Å². The van der Waals surface area contributed by atoms with E-state index in [-0.39, 0.29) is 0 Å². The number of phenolic OH excluding ortho intramolecular Hbond substituents is 1. The standard InChI is InChI=1S/C14H23NO/c1-4-5-6-7-15-10-13-8-11(2)14(16)12(3)9-13/h8-9,15-16H,4-7,10H2,1-3H3. The number of aryl methyl sites for hydroxylation is 2. The highest BCUT2D eigenvalue weighted by molar-refractivity contribution is 5.42. The van der Waals surface area contributed by atoms with Gasteiger partial charge in [-0.3, -0.25) is 0 Å². The zero-order valence-corrected chi connectivity index (χ0v) is 10.6. The average Bonchev–Trinajstić information content (AvgIpc) is 2.25. The lowest BCUT2D eigenvalue weighted by atomic mass is 10.1. The largest absolute Gasteiger partial charge is 0.507 e. The predicted octanol–water partition coefficient (Wildman–Crippen LogP) is 3.29. The van der Waals surface area contributed by atoms with Crippen LogP contribution in [0, 0.1) is 13.8 Å². The van der Waals surface area contributed by atoms with E-state index in [9.17, 15) is 5.11 Å². The first-order valence-corrected chi connectivity index (χ1v) is 6.15. The normalized spacial score (nSPS) is 10.7. The molecule has 1 aromatic rings. The number of unbranched alkanes of at least 4 members (excludes halogenated alkanes) is 2. The Morgan fingerprint density at radius 2 is 1.75 bits per heavy atom. The highest BCUT2D eigenvalue weighted by Crippen LogP contribution is 2.22. The molecule has 2 nitrogen and oxygen atoms in total. The van der Waals surface area contributed by atoms with E-state index in [1.807, 2.05) is 13.8 Å². The van der Waals surface area contributed by atoms with Crippen molar-refractivity contribution in [1.82, 2.24) is 5.32 Å². The molecule has 0 aliphatic carbocycles. The maximum absolute atomic E-state index is 9.65. The van der Waals surface area contributed by atoms with Gasteiger partial charge in [-0.15, -0.1) is 0 Å². The summed E-state index contributed by atoms with van der Waals surface area (Å²) in [5.41, 5.74) is 3.18. The van der Waals surface area contributed by atoms with Crippen LogP contribution < -0.4 is 5.32 Å². The summed E-state index contributed by atoms with van der Waals surface area (Å²) in [7, 11) is 0. The van der Waals surface area contributed by atoms with E-state index >= 15 is 0 Å². The molecule has 2 heteroatoms. The fraction of sp³-hybridized carbons (Fsp3) is 0.571. The molecule has 1 aromatic carbocycles. The molecule has 0 saturated carbocycles. The Bertz CT molecular complexity index is 311. The highest BCUT2D eigenvalue weighted by atomic mass is 16.3. The topological polar surface area (TPSA) is 32.3 Å². The number of nitrogens with one attached hydrogen (secondary N) is 1. The maximum Gasteiger partial charge on any atom is 0.121 e. The third kappa shape index (κ3) is 3.86. The molecule has 0 aliphatic rings. The minimum absolute atomic E-state index is 0.426. The van der Waals surface area contributed by atoms with E-state index < -0.39 is 0 Å². The van der Waals surface area contributed by atoms with Crippen LogP contribution in [0.4, 0.5) is 0 Å². The molecule has 0 fully saturated rings. The lowest BCUT2D eigenvalue weighted by Gasteiger charge is -2.09. The molecule has 0 amide bonds. The summed E-state index contributed by atoms with van der Waals surface area (Å²) in [6.45, 7) is 8.08. The van der Waals surface area contributed by atoms with Crippen LogP contribution in [0.15, 0.2) is 12.1 Å². The van der Waals surface area contributed by atoms with Gasteiger partial charge in [0.15, 0.2) is 0 Å². The summed E-state index contributed by atoms with van der Waals surface area (Å²) < 4.78 is 0. The smallest absolute Gasteiger partial charge is 0.121 e. The van der Waals surface area contributed by atoms with Gasteiger partial charge in [-0.25, -0.2) is 0 Å². The summed E-state index contributed by atoms with van der Waals surface area (Å²) in [6, 6.07) is 4.10. The summed E-state index contributed by atoms with van der Waals surface area (Å²) in [5.74, 6) is 0.426. The van der Waals surface area contributed by atoms with Gasteiger partial charge >= 0.3 is 0 Å². The van der Waals surface area contributed by atoms with Crippen LogP contribution >= 0.6 is 0 Å². The predicted molar refractivity (Wildman–Crippen MR) is 68.8 cm³/mol. The van der Waals surface area contributed by atoms with E-state index in [1.165, 1.54) is 24.8 Å². The lowest BCUT2D eigenvalue weighted by Crippen LogP contribution is -2.14. The third-order valence-corrected chi connectivity index (χ3v) is 2.84. The molecule has 0 atom stereocenters. The molecular weight excluding hydrogens is 198 g/mol. The molecular formula is C14H23NO. The van der Waals surface area contributed by atoms with Crippen LogP contribution in [0.3, 0.4) is 0 Å². The summed E-state index contributed by atoms with van der Waals surface area (Å²) in [5, 5.41) is 13.1. The van der Waals surface area contributed by atoms with Gasteiger partial charge in [0.2, 0.25) is 0 Å². The van der Waals surface area contributed by atoms with Gasteiger partial charge in [0.1, 0.15) is 5.75 Å².